The Hall–Kier alpha value is -2.80. The van der Waals surface area contributed by atoms with E-state index in [0.717, 1.165) is 11.3 Å². The minimum absolute atomic E-state index is 0.874. The maximum Gasteiger partial charge on any atom is 0.118 e. The third-order valence-electron chi connectivity index (χ3n) is 3.95. The molecule has 0 saturated carbocycles. The van der Waals surface area contributed by atoms with Crippen molar-refractivity contribution in [1.29, 1.82) is 0 Å². The first-order valence-electron chi connectivity index (χ1n) is 7.75. The molecule has 0 bridgehead atoms. The van der Waals surface area contributed by atoms with Crippen molar-refractivity contribution in [2.75, 3.05) is 7.11 Å². The summed E-state index contributed by atoms with van der Waals surface area (Å²) in [6, 6.07) is 27.2. The molecule has 0 saturated heterocycles. The van der Waals surface area contributed by atoms with Crippen molar-refractivity contribution in [3.05, 3.63) is 101 Å². The monoisotopic (exact) mass is 300 g/mol. The van der Waals surface area contributed by atoms with Gasteiger partial charge in [-0.15, -0.1) is 0 Å². The van der Waals surface area contributed by atoms with Crippen LogP contribution in [0.5, 0.6) is 5.75 Å². The van der Waals surface area contributed by atoms with Gasteiger partial charge in [-0.05, 0) is 53.0 Å². The van der Waals surface area contributed by atoms with Crippen molar-refractivity contribution in [2.45, 2.75) is 6.92 Å². The highest BCUT2D eigenvalue weighted by molar-refractivity contribution is 5.92. The number of hydrogen-bond acceptors (Lipinski definition) is 1. The zero-order valence-corrected chi connectivity index (χ0v) is 13.5. The van der Waals surface area contributed by atoms with E-state index < -0.39 is 0 Å². The standard InChI is InChI=1S/C22H20O/c1-17-8-6-7-11-21(17)22(19-9-4-3-5-10-19)16-18-12-14-20(23-2)15-13-18/h3-16H,1-2H3/b22-16+. The van der Waals surface area contributed by atoms with Gasteiger partial charge in [-0.2, -0.15) is 0 Å². The van der Waals surface area contributed by atoms with Crippen molar-refractivity contribution in [1.82, 2.24) is 0 Å². The predicted octanol–water partition coefficient (Wildman–Crippen LogP) is 5.59. The molecule has 3 rings (SSSR count). The van der Waals surface area contributed by atoms with Crippen LogP contribution in [0.2, 0.25) is 0 Å². The van der Waals surface area contributed by atoms with Crippen LogP contribution >= 0.6 is 0 Å². The van der Waals surface area contributed by atoms with E-state index in [-0.39, 0.29) is 0 Å². The summed E-state index contributed by atoms with van der Waals surface area (Å²) in [5.41, 5.74) is 6.14. The topological polar surface area (TPSA) is 9.23 Å². The summed E-state index contributed by atoms with van der Waals surface area (Å²) < 4.78 is 5.24. The first-order chi connectivity index (χ1) is 11.3. The lowest BCUT2D eigenvalue weighted by Gasteiger charge is -2.12. The second-order valence-electron chi connectivity index (χ2n) is 5.51. The van der Waals surface area contributed by atoms with Gasteiger partial charge in [0.15, 0.2) is 0 Å². The molecule has 0 aliphatic carbocycles. The minimum Gasteiger partial charge on any atom is -0.497 e. The lowest BCUT2D eigenvalue weighted by molar-refractivity contribution is 0.415. The highest BCUT2D eigenvalue weighted by atomic mass is 16.5. The van der Waals surface area contributed by atoms with Crippen molar-refractivity contribution in [3.63, 3.8) is 0 Å². The molecular formula is C22H20O. The predicted molar refractivity (Wildman–Crippen MR) is 97.6 cm³/mol. The lowest BCUT2D eigenvalue weighted by Crippen LogP contribution is -1.91. The van der Waals surface area contributed by atoms with Gasteiger partial charge in [0, 0.05) is 0 Å². The maximum absolute atomic E-state index is 5.24. The van der Waals surface area contributed by atoms with Crippen molar-refractivity contribution >= 4 is 11.6 Å². The van der Waals surface area contributed by atoms with Crippen LogP contribution in [0.1, 0.15) is 22.3 Å². The molecule has 0 spiro atoms. The number of aryl methyl sites for hydroxylation is 1. The van der Waals surface area contributed by atoms with Gasteiger partial charge in [0.05, 0.1) is 7.11 Å². The normalized spacial score (nSPS) is 11.3. The molecule has 0 atom stereocenters. The number of rotatable bonds is 4. The van der Waals surface area contributed by atoms with Crippen LogP contribution < -0.4 is 4.74 Å². The number of hydrogen-bond donors (Lipinski definition) is 0. The van der Waals surface area contributed by atoms with Crippen LogP contribution in [0.25, 0.3) is 11.6 Å². The molecule has 0 aromatic heterocycles. The average molecular weight is 300 g/mol. The van der Waals surface area contributed by atoms with Crippen LogP contribution in [0.4, 0.5) is 0 Å². The molecule has 0 aliphatic heterocycles. The zero-order chi connectivity index (χ0) is 16.1. The van der Waals surface area contributed by atoms with Gasteiger partial charge in [0.2, 0.25) is 0 Å². The fourth-order valence-corrected chi connectivity index (χ4v) is 2.68. The Kier molecular flexibility index (Phi) is 4.58. The van der Waals surface area contributed by atoms with Gasteiger partial charge in [0.1, 0.15) is 5.75 Å². The van der Waals surface area contributed by atoms with Crippen molar-refractivity contribution in [3.8, 4) is 5.75 Å². The fraction of sp³-hybridized carbons (Fsp3) is 0.0909. The van der Waals surface area contributed by atoms with Gasteiger partial charge in [-0.1, -0.05) is 66.7 Å². The van der Waals surface area contributed by atoms with Gasteiger partial charge in [-0.3, -0.25) is 0 Å². The third-order valence-corrected chi connectivity index (χ3v) is 3.95. The molecule has 1 heteroatoms. The summed E-state index contributed by atoms with van der Waals surface area (Å²) in [6.07, 6.45) is 2.23. The Labute approximate surface area is 137 Å². The van der Waals surface area contributed by atoms with E-state index in [1.165, 1.54) is 22.3 Å². The van der Waals surface area contributed by atoms with E-state index in [0.29, 0.717) is 0 Å². The molecule has 3 aromatic carbocycles. The lowest BCUT2D eigenvalue weighted by atomic mass is 9.93. The molecule has 0 amide bonds. The number of benzene rings is 3. The molecular weight excluding hydrogens is 280 g/mol. The molecule has 0 unspecified atom stereocenters. The van der Waals surface area contributed by atoms with E-state index in [1.54, 1.807) is 7.11 Å². The van der Waals surface area contributed by atoms with E-state index in [9.17, 15) is 0 Å². The Morgan fingerprint density at radius 3 is 2.09 bits per heavy atom. The highest BCUT2D eigenvalue weighted by Crippen LogP contribution is 2.28. The number of methoxy groups -OCH3 is 1. The first-order valence-corrected chi connectivity index (χ1v) is 7.75. The molecule has 0 aliphatic rings. The molecule has 0 radical (unpaired) electrons. The summed E-state index contributed by atoms with van der Waals surface area (Å²) in [4.78, 5) is 0. The van der Waals surface area contributed by atoms with Gasteiger partial charge in [0.25, 0.3) is 0 Å². The van der Waals surface area contributed by atoms with Gasteiger partial charge in [-0.25, -0.2) is 0 Å². The van der Waals surface area contributed by atoms with Crippen molar-refractivity contribution < 1.29 is 4.74 Å². The van der Waals surface area contributed by atoms with Crippen LogP contribution in [0, 0.1) is 6.92 Å². The van der Waals surface area contributed by atoms with Crippen LogP contribution in [-0.4, -0.2) is 7.11 Å². The van der Waals surface area contributed by atoms with Crippen molar-refractivity contribution in [2.24, 2.45) is 0 Å². The van der Waals surface area contributed by atoms with Crippen LogP contribution in [0.15, 0.2) is 78.9 Å². The molecule has 0 heterocycles. The Morgan fingerprint density at radius 1 is 0.783 bits per heavy atom. The Balaban J connectivity index is 2.11. The van der Waals surface area contributed by atoms with Gasteiger partial charge < -0.3 is 4.74 Å². The average Bonchev–Trinajstić information content (AvgIpc) is 2.62. The summed E-state index contributed by atoms with van der Waals surface area (Å²) >= 11 is 0. The second kappa shape index (κ2) is 6.97. The van der Waals surface area contributed by atoms with Crippen LogP contribution in [0.3, 0.4) is 0 Å². The summed E-state index contributed by atoms with van der Waals surface area (Å²) in [6.45, 7) is 2.15. The first kappa shape index (κ1) is 15.1. The highest BCUT2D eigenvalue weighted by Gasteiger charge is 2.07. The third kappa shape index (κ3) is 3.51. The largest absolute Gasteiger partial charge is 0.497 e. The van der Waals surface area contributed by atoms with E-state index in [4.69, 9.17) is 4.74 Å². The Bertz CT molecular complexity index is 799. The minimum atomic E-state index is 0.874. The summed E-state index contributed by atoms with van der Waals surface area (Å²) in [7, 11) is 1.69. The second-order valence-corrected chi connectivity index (χ2v) is 5.51. The maximum atomic E-state index is 5.24. The quantitative estimate of drug-likeness (QED) is 0.570. The zero-order valence-electron chi connectivity index (χ0n) is 13.5. The smallest absolute Gasteiger partial charge is 0.118 e. The molecule has 0 fully saturated rings. The Morgan fingerprint density at radius 2 is 1.43 bits per heavy atom. The molecule has 1 nitrogen and oxygen atoms in total. The SMILES string of the molecule is COc1ccc(/C=C(\c2ccccc2)c2ccccc2C)cc1. The molecule has 3 aromatic rings. The van der Waals surface area contributed by atoms with E-state index >= 15 is 0 Å². The number of ether oxygens (including phenoxy) is 1. The summed E-state index contributed by atoms with van der Waals surface area (Å²) in [5, 5.41) is 0. The molecule has 114 valence electrons. The molecule has 23 heavy (non-hydrogen) atoms. The fourth-order valence-electron chi connectivity index (χ4n) is 2.68. The van der Waals surface area contributed by atoms with Gasteiger partial charge >= 0.3 is 0 Å². The van der Waals surface area contributed by atoms with Crippen LogP contribution in [-0.2, 0) is 0 Å². The van der Waals surface area contributed by atoms with E-state index in [2.05, 4.69) is 73.7 Å². The summed E-state index contributed by atoms with van der Waals surface area (Å²) in [5.74, 6) is 0.874. The van der Waals surface area contributed by atoms with E-state index in [1.807, 2.05) is 18.2 Å². The molecule has 0 N–H and O–H groups in total.